The lowest BCUT2D eigenvalue weighted by Gasteiger charge is -1.87. The molecule has 0 N–H and O–H groups in total. The zero-order valence-corrected chi connectivity index (χ0v) is 7.27. The molecule has 0 atom stereocenters. The molecule has 0 amide bonds. The van der Waals surface area contributed by atoms with Gasteiger partial charge in [-0.3, -0.25) is 0 Å². The van der Waals surface area contributed by atoms with E-state index in [9.17, 15) is 0 Å². The highest BCUT2D eigenvalue weighted by Gasteiger charge is 1.99. The highest BCUT2D eigenvalue weighted by molar-refractivity contribution is 7.18. The minimum atomic E-state index is 0.882. The van der Waals surface area contributed by atoms with Gasteiger partial charge in [0.15, 0.2) is 5.65 Å². The van der Waals surface area contributed by atoms with E-state index in [1.165, 1.54) is 4.70 Å². The summed E-state index contributed by atoms with van der Waals surface area (Å²) in [6, 6.07) is 4.09. The quantitative estimate of drug-likeness (QED) is 0.597. The van der Waals surface area contributed by atoms with Gasteiger partial charge < -0.3 is 0 Å². The lowest BCUT2D eigenvalue weighted by atomic mass is 10.4. The van der Waals surface area contributed by atoms with E-state index in [2.05, 4.69) is 16.0 Å². The van der Waals surface area contributed by atoms with Gasteiger partial charge in [0.25, 0.3) is 0 Å². The second-order valence-electron chi connectivity index (χ2n) is 2.51. The summed E-state index contributed by atoms with van der Waals surface area (Å²) >= 11 is 1.69. The second kappa shape index (κ2) is 2.27. The summed E-state index contributed by atoms with van der Waals surface area (Å²) in [4.78, 5) is 8.58. The van der Waals surface area contributed by atoms with Crippen molar-refractivity contribution in [3.8, 4) is 0 Å². The van der Waals surface area contributed by atoms with Crippen molar-refractivity contribution in [2.75, 3.05) is 0 Å². The van der Waals surface area contributed by atoms with E-state index >= 15 is 0 Å². The molecule has 0 saturated carbocycles. The predicted molar refractivity (Wildman–Crippen MR) is 46.9 cm³/mol. The van der Waals surface area contributed by atoms with E-state index in [0.717, 1.165) is 16.3 Å². The van der Waals surface area contributed by atoms with Gasteiger partial charge >= 0.3 is 0 Å². The fourth-order valence-corrected chi connectivity index (χ4v) is 1.79. The molecule has 2 aromatic rings. The molecule has 0 radical (unpaired) electrons. The number of pyridine rings is 1. The van der Waals surface area contributed by atoms with Gasteiger partial charge in [-0.25, -0.2) is 9.97 Å². The average molecular weight is 164 g/mol. The number of hydrogen-bond acceptors (Lipinski definition) is 3. The second-order valence-corrected chi connectivity index (χ2v) is 3.74. The van der Waals surface area contributed by atoms with Crippen molar-refractivity contribution in [3.05, 3.63) is 22.8 Å². The Balaban J connectivity index is 2.82. The summed E-state index contributed by atoms with van der Waals surface area (Å²) < 4.78 is 1.17. The van der Waals surface area contributed by atoms with Crippen LogP contribution < -0.4 is 0 Å². The Hall–Kier alpha value is -0.960. The van der Waals surface area contributed by atoms with Crippen LogP contribution in [0.1, 0.15) is 10.7 Å². The van der Waals surface area contributed by atoms with Crippen molar-refractivity contribution >= 4 is 21.7 Å². The van der Waals surface area contributed by atoms with Crippen molar-refractivity contribution in [1.29, 1.82) is 0 Å². The summed E-state index contributed by atoms with van der Waals surface area (Å²) in [5.41, 5.74) is 1.91. The van der Waals surface area contributed by atoms with Crippen LogP contribution in [0.5, 0.6) is 0 Å². The van der Waals surface area contributed by atoms with Gasteiger partial charge in [-0.05, 0) is 26.0 Å². The van der Waals surface area contributed by atoms with Crippen molar-refractivity contribution < 1.29 is 0 Å². The summed E-state index contributed by atoms with van der Waals surface area (Å²) in [7, 11) is 0. The van der Waals surface area contributed by atoms with Crippen LogP contribution in [0.25, 0.3) is 10.3 Å². The van der Waals surface area contributed by atoms with Crippen LogP contribution in [0.15, 0.2) is 12.1 Å². The normalized spacial score (nSPS) is 10.7. The molecule has 2 heterocycles. The number of rotatable bonds is 0. The molecule has 0 unspecified atom stereocenters. The Kier molecular flexibility index (Phi) is 1.39. The highest BCUT2D eigenvalue weighted by atomic mass is 32.1. The molecular formula is C8H8N2S. The standard InChI is InChI=1S/C8H8N2S/c1-5-3-4-7-8(9-5)10-6(2)11-7/h3-4H,1-2H3. The number of nitrogens with zero attached hydrogens (tertiary/aromatic N) is 2. The molecule has 0 aliphatic rings. The van der Waals surface area contributed by atoms with Gasteiger partial charge in [0.2, 0.25) is 0 Å². The summed E-state index contributed by atoms with van der Waals surface area (Å²) in [6.07, 6.45) is 0. The predicted octanol–water partition coefficient (Wildman–Crippen LogP) is 2.31. The number of thiazole rings is 1. The number of hydrogen-bond donors (Lipinski definition) is 0. The lowest BCUT2D eigenvalue weighted by molar-refractivity contribution is 1.20. The molecule has 2 nitrogen and oxygen atoms in total. The minimum absolute atomic E-state index is 0.882. The molecule has 3 heteroatoms. The van der Waals surface area contributed by atoms with Crippen LogP contribution >= 0.6 is 11.3 Å². The molecule has 0 saturated heterocycles. The van der Waals surface area contributed by atoms with Crippen LogP contribution in [0.4, 0.5) is 0 Å². The van der Waals surface area contributed by atoms with Crippen LogP contribution in [0, 0.1) is 13.8 Å². The van der Waals surface area contributed by atoms with Gasteiger partial charge in [0.1, 0.15) is 0 Å². The maximum Gasteiger partial charge on any atom is 0.170 e. The van der Waals surface area contributed by atoms with E-state index in [1.54, 1.807) is 11.3 Å². The van der Waals surface area contributed by atoms with Crippen molar-refractivity contribution in [2.24, 2.45) is 0 Å². The van der Waals surface area contributed by atoms with Gasteiger partial charge in [0, 0.05) is 5.69 Å². The Labute approximate surface area is 68.9 Å². The van der Waals surface area contributed by atoms with Gasteiger partial charge in [-0.1, -0.05) is 0 Å². The number of fused-ring (bicyclic) bond motifs is 1. The Bertz CT molecular complexity index is 392. The monoisotopic (exact) mass is 164 g/mol. The van der Waals surface area contributed by atoms with Gasteiger partial charge in [0.05, 0.1) is 9.71 Å². The summed E-state index contributed by atoms with van der Waals surface area (Å²) in [5, 5.41) is 1.08. The Morgan fingerprint density at radius 3 is 2.82 bits per heavy atom. The molecular weight excluding hydrogens is 156 g/mol. The largest absolute Gasteiger partial charge is 0.233 e. The first kappa shape index (κ1) is 6.73. The van der Waals surface area contributed by atoms with Gasteiger partial charge in [-0.2, -0.15) is 0 Å². The zero-order chi connectivity index (χ0) is 7.84. The molecule has 0 aliphatic carbocycles. The van der Waals surface area contributed by atoms with Crippen molar-refractivity contribution in [1.82, 2.24) is 9.97 Å². The third-order valence-electron chi connectivity index (χ3n) is 1.50. The van der Waals surface area contributed by atoms with Crippen LogP contribution in [0.3, 0.4) is 0 Å². The summed E-state index contributed by atoms with van der Waals surface area (Å²) in [6.45, 7) is 3.98. The SMILES string of the molecule is Cc1ccc2sc(C)nc2n1. The Morgan fingerprint density at radius 1 is 1.18 bits per heavy atom. The van der Waals surface area contributed by atoms with Crippen LogP contribution in [0.2, 0.25) is 0 Å². The molecule has 56 valence electrons. The first-order valence-corrected chi connectivity index (χ1v) is 4.28. The first-order valence-electron chi connectivity index (χ1n) is 3.46. The van der Waals surface area contributed by atoms with E-state index in [4.69, 9.17) is 0 Å². The molecule has 2 aromatic heterocycles. The maximum atomic E-state index is 4.30. The van der Waals surface area contributed by atoms with Crippen molar-refractivity contribution in [3.63, 3.8) is 0 Å². The topological polar surface area (TPSA) is 25.8 Å². The maximum absolute atomic E-state index is 4.30. The van der Waals surface area contributed by atoms with Crippen molar-refractivity contribution in [2.45, 2.75) is 13.8 Å². The molecule has 0 bridgehead atoms. The zero-order valence-electron chi connectivity index (χ0n) is 6.46. The summed E-state index contributed by atoms with van der Waals surface area (Å²) in [5.74, 6) is 0. The molecule has 11 heavy (non-hydrogen) atoms. The molecule has 2 rings (SSSR count). The third kappa shape index (κ3) is 1.12. The van der Waals surface area contributed by atoms with Crippen LogP contribution in [-0.2, 0) is 0 Å². The molecule has 0 aliphatic heterocycles. The molecule has 0 aromatic carbocycles. The fraction of sp³-hybridized carbons (Fsp3) is 0.250. The Morgan fingerprint density at radius 2 is 2.00 bits per heavy atom. The number of aromatic nitrogens is 2. The smallest absolute Gasteiger partial charge is 0.170 e. The molecule has 0 spiro atoms. The first-order chi connectivity index (χ1) is 5.25. The minimum Gasteiger partial charge on any atom is -0.233 e. The molecule has 0 fully saturated rings. The van der Waals surface area contributed by atoms with E-state index in [1.807, 2.05) is 19.9 Å². The van der Waals surface area contributed by atoms with E-state index in [-0.39, 0.29) is 0 Å². The average Bonchev–Trinajstić information content (AvgIpc) is 2.27. The van der Waals surface area contributed by atoms with E-state index in [0.29, 0.717) is 0 Å². The number of aryl methyl sites for hydroxylation is 2. The lowest BCUT2D eigenvalue weighted by Crippen LogP contribution is -1.79. The highest BCUT2D eigenvalue weighted by Crippen LogP contribution is 2.19. The third-order valence-corrected chi connectivity index (χ3v) is 2.42. The van der Waals surface area contributed by atoms with Crippen LogP contribution in [-0.4, -0.2) is 9.97 Å². The van der Waals surface area contributed by atoms with Gasteiger partial charge in [-0.15, -0.1) is 11.3 Å². The fourth-order valence-electron chi connectivity index (χ4n) is 1.02. The van der Waals surface area contributed by atoms with E-state index < -0.39 is 0 Å².